The van der Waals surface area contributed by atoms with Crippen molar-refractivity contribution >= 4 is 5.91 Å². The largest absolute Gasteiger partial charge is 0.352 e. The SMILES string of the molecule is CCC1CCNC(C(=O)NC2CC(C)CC(C)C2)C1. The van der Waals surface area contributed by atoms with E-state index >= 15 is 0 Å². The number of hydrogen-bond acceptors (Lipinski definition) is 2. The molecule has 2 aliphatic rings. The second kappa shape index (κ2) is 6.74. The van der Waals surface area contributed by atoms with Gasteiger partial charge in [0.2, 0.25) is 5.91 Å². The van der Waals surface area contributed by atoms with Gasteiger partial charge in [0.1, 0.15) is 0 Å². The van der Waals surface area contributed by atoms with Gasteiger partial charge in [-0.15, -0.1) is 0 Å². The van der Waals surface area contributed by atoms with E-state index in [9.17, 15) is 4.79 Å². The molecule has 0 radical (unpaired) electrons. The van der Waals surface area contributed by atoms with Crippen molar-refractivity contribution < 1.29 is 4.79 Å². The molecule has 110 valence electrons. The van der Waals surface area contributed by atoms with Crippen LogP contribution in [-0.2, 0) is 4.79 Å². The van der Waals surface area contributed by atoms with Gasteiger partial charge in [0.15, 0.2) is 0 Å². The molecule has 0 aromatic rings. The van der Waals surface area contributed by atoms with Crippen molar-refractivity contribution in [3.05, 3.63) is 0 Å². The van der Waals surface area contributed by atoms with E-state index in [4.69, 9.17) is 0 Å². The fourth-order valence-corrected chi connectivity index (χ4v) is 3.93. The van der Waals surface area contributed by atoms with Gasteiger partial charge >= 0.3 is 0 Å². The molecule has 0 aromatic carbocycles. The molecular weight excluding hydrogens is 236 g/mol. The Bertz CT molecular complexity index is 295. The molecule has 2 fully saturated rings. The van der Waals surface area contributed by atoms with E-state index in [1.165, 1.54) is 19.3 Å². The van der Waals surface area contributed by atoms with Gasteiger partial charge in [-0.3, -0.25) is 4.79 Å². The van der Waals surface area contributed by atoms with Gasteiger partial charge in [-0.05, 0) is 56.4 Å². The molecule has 2 N–H and O–H groups in total. The Morgan fingerprint density at radius 2 is 1.84 bits per heavy atom. The van der Waals surface area contributed by atoms with Crippen LogP contribution in [0.4, 0.5) is 0 Å². The van der Waals surface area contributed by atoms with Crippen molar-refractivity contribution in [2.75, 3.05) is 6.54 Å². The maximum atomic E-state index is 12.4. The summed E-state index contributed by atoms with van der Waals surface area (Å²) in [5, 5.41) is 6.68. The quantitative estimate of drug-likeness (QED) is 0.824. The smallest absolute Gasteiger partial charge is 0.237 e. The van der Waals surface area contributed by atoms with Crippen LogP contribution >= 0.6 is 0 Å². The summed E-state index contributed by atoms with van der Waals surface area (Å²) in [4.78, 5) is 12.4. The summed E-state index contributed by atoms with van der Waals surface area (Å²) >= 11 is 0. The fraction of sp³-hybridized carbons (Fsp3) is 0.938. The monoisotopic (exact) mass is 266 g/mol. The Kier molecular flexibility index (Phi) is 5.26. The first-order valence-corrected chi connectivity index (χ1v) is 8.12. The predicted octanol–water partition coefficient (Wildman–Crippen LogP) is 2.71. The highest BCUT2D eigenvalue weighted by Crippen LogP contribution is 2.28. The molecule has 3 nitrogen and oxygen atoms in total. The number of rotatable bonds is 3. The molecule has 1 heterocycles. The molecule has 0 spiro atoms. The van der Waals surface area contributed by atoms with E-state index in [2.05, 4.69) is 31.4 Å². The molecule has 2 rings (SSSR count). The van der Waals surface area contributed by atoms with Crippen LogP contribution in [0.1, 0.15) is 59.3 Å². The molecule has 1 saturated carbocycles. The van der Waals surface area contributed by atoms with Crippen molar-refractivity contribution in [3.63, 3.8) is 0 Å². The molecule has 4 atom stereocenters. The zero-order valence-corrected chi connectivity index (χ0v) is 12.7. The van der Waals surface area contributed by atoms with Crippen LogP contribution in [-0.4, -0.2) is 24.5 Å². The maximum absolute atomic E-state index is 12.4. The third-order valence-corrected chi connectivity index (χ3v) is 4.93. The van der Waals surface area contributed by atoms with Crippen molar-refractivity contribution in [3.8, 4) is 0 Å². The van der Waals surface area contributed by atoms with Gasteiger partial charge in [0.25, 0.3) is 0 Å². The van der Waals surface area contributed by atoms with Crippen LogP contribution in [0, 0.1) is 17.8 Å². The zero-order valence-electron chi connectivity index (χ0n) is 12.7. The van der Waals surface area contributed by atoms with E-state index in [-0.39, 0.29) is 11.9 Å². The first-order valence-electron chi connectivity index (χ1n) is 8.12. The van der Waals surface area contributed by atoms with Gasteiger partial charge in [-0.25, -0.2) is 0 Å². The van der Waals surface area contributed by atoms with E-state index in [1.807, 2.05) is 0 Å². The minimum Gasteiger partial charge on any atom is -0.352 e. The second-order valence-corrected chi connectivity index (χ2v) is 6.93. The fourth-order valence-electron chi connectivity index (χ4n) is 3.93. The summed E-state index contributed by atoms with van der Waals surface area (Å²) in [5.41, 5.74) is 0. The minimum absolute atomic E-state index is 0.0474. The number of hydrogen-bond donors (Lipinski definition) is 2. The lowest BCUT2D eigenvalue weighted by molar-refractivity contribution is -0.125. The summed E-state index contributed by atoms with van der Waals surface area (Å²) < 4.78 is 0. The molecular formula is C16H30N2O. The number of piperidine rings is 1. The maximum Gasteiger partial charge on any atom is 0.237 e. The van der Waals surface area contributed by atoms with Gasteiger partial charge in [-0.2, -0.15) is 0 Å². The summed E-state index contributed by atoms with van der Waals surface area (Å²) in [6.07, 6.45) is 7.05. The van der Waals surface area contributed by atoms with Crippen LogP contribution in [0.5, 0.6) is 0 Å². The summed E-state index contributed by atoms with van der Waals surface area (Å²) in [5.74, 6) is 2.46. The zero-order chi connectivity index (χ0) is 13.8. The van der Waals surface area contributed by atoms with Crippen molar-refractivity contribution in [1.29, 1.82) is 0 Å². The van der Waals surface area contributed by atoms with Crippen molar-refractivity contribution in [2.45, 2.75) is 71.4 Å². The number of amides is 1. The molecule has 4 unspecified atom stereocenters. The highest BCUT2D eigenvalue weighted by molar-refractivity contribution is 5.82. The van der Waals surface area contributed by atoms with Gasteiger partial charge in [0, 0.05) is 6.04 Å². The molecule has 3 heteroatoms. The summed E-state index contributed by atoms with van der Waals surface area (Å²) in [6, 6.07) is 0.446. The molecule has 19 heavy (non-hydrogen) atoms. The third kappa shape index (κ3) is 4.20. The molecule has 0 bridgehead atoms. The lowest BCUT2D eigenvalue weighted by Gasteiger charge is -2.34. The Labute approximate surface area is 117 Å². The van der Waals surface area contributed by atoms with Crippen LogP contribution < -0.4 is 10.6 Å². The van der Waals surface area contributed by atoms with Crippen molar-refractivity contribution in [2.24, 2.45) is 17.8 Å². The lowest BCUT2D eigenvalue weighted by Crippen LogP contribution is -2.52. The summed E-state index contributed by atoms with van der Waals surface area (Å²) in [6.45, 7) is 7.84. The highest BCUT2D eigenvalue weighted by Gasteiger charge is 2.30. The lowest BCUT2D eigenvalue weighted by atomic mass is 9.80. The molecule has 1 amide bonds. The minimum atomic E-state index is 0.0474. The average Bonchev–Trinajstić information content (AvgIpc) is 2.37. The van der Waals surface area contributed by atoms with E-state index in [0.29, 0.717) is 6.04 Å². The van der Waals surface area contributed by atoms with Gasteiger partial charge in [0.05, 0.1) is 6.04 Å². The molecule has 1 saturated heterocycles. The van der Waals surface area contributed by atoms with E-state index in [0.717, 1.165) is 43.6 Å². The second-order valence-electron chi connectivity index (χ2n) is 6.93. The van der Waals surface area contributed by atoms with Crippen molar-refractivity contribution in [1.82, 2.24) is 10.6 Å². The molecule has 1 aliphatic carbocycles. The summed E-state index contributed by atoms with van der Waals surface area (Å²) in [7, 11) is 0. The third-order valence-electron chi connectivity index (χ3n) is 4.93. The Morgan fingerprint density at radius 3 is 2.47 bits per heavy atom. The van der Waals surface area contributed by atoms with Gasteiger partial charge < -0.3 is 10.6 Å². The van der Waals surface area contributed by atoms with E-state index in [1.54, 1.807) is 0 Å². The Morgan fingerprint density at radius 1 is 1.16 bits per heavy atom. The number of carbonyl (C=O) groups is 1. The predicted molar refractivity (Wildman–Crippen MR) is 78.9 cm³/mol. The number of carbonyl (C=O) groups excluding carboxylic acids is 1. The Hall–Kier alpha value is -0.570. The van der Waals surface area contributed by atoms with Gasteiger partial charge in [-0.1, -0.05) is 27.2 Å². The molecule has 0 aromatic heterocycles. The van der Waals surface area contributed by atoms with Crippen LogP contribution in [0.3, 0.4) is 0 Å². The first kappa shape index (κ1) is 14.8. The van der Waals surface area contributed by atoms with E-state index < -0.39 is 0 Å². The normalized spacial score (nSPS) is 39.8. The van der Waals surface area contributed by atoms with Crippen LogP contribution in [0.25, 0.3) is 0 Å². The Balaban J connectivity index is 1.83. The highest BCUT2D eigenvalue weighted by atomic mass is 16.2. The molecule has 1 aliphatic heterocycles. The first-order chi connectivity index (χ1) is 9.08. The topological polar surface area (TPSA) is 41.1 Å². The standard InChI is InChI=1S/C16H30N2O/c1-4-13-5-6-17-15(10-13)16(19)18-14-8-11(2)7-12(3)9-14/h11-15,17H,4-10H2,1-3H3,(H,18,19). The number of nitrogens with one attached hydrogen (secondary N) is 2. The van der Waals surface area contributed by atoms with Crippen LogP contribution in [0.15, 0.2) is 0 Å². The van der Waals surface area contributed by atoms with Crippen LogP contribution in [0.2, 0.25) is 0 Å². The average molecular weight is 266 g/mol.